The molecule has 4 heteroatoms. The first kappa shape index (κ1) is 17.2. The standard InChI is InChI=1S/C19H24N2O2/c1-15(22)12-18(17-7-3-2-4-8-17)14-21-19(23)10-9-16-6-5-11-20-13-16/h2-8,11,13,15,18,22H,9-10,12,14H2,1H3,(H,21,23). The number of aryl methyl sites for hydroxylation is 1. The van der Waals surface area contributed by atoms with Crippen LogP contribution in [-0.2, 0) is 11.2 Å². The summed E-state index contributed by atoms with van der Waals surface area (Å²) in [6, 6.07) is 13.9. The number of carbonyl (C=O) groups is 1. The number of rotatable bonds is 8. The zero-order valence-electron chi connectivity index (χ0n) is 13.5. The van der Waals surface area contributed by atoms with Gasteiger partial charge >= 0.3 is 0 Å². The highest BCUT2D eigenvalue weighted by molar-refractivity contribution is 5.76. The van der Waals surface area contributed by atoms with E-state index in [0.717, 1.165) is 11.1 Å². The fourth-order valence-corrected chi connectivity index (χ4v) is 2.60. The molecule has 4 nitrogen and oxygen atoms in total. The Balaban J connectivity index is 1.84. The van der Waals surface area contributed by atoms with Crippen molar-refractivity contribution in [2.75, 3.05) is 6.54 Å². The average molecular weight is 312 g/mol. The number of aliphatic hydroxyl groups excluding tert-OH is 1. The lowest BCUT2D eigenvalue weighted by molar-refractivity contribution is -0.121. The summed E-state index contributed by atoms with van der Waals surface area (Å²) in [6.07, 6.45) is 4.88. The van der Waals surface area contributed by atoms with E-state index in [1.807, 2.05) is 42.5 Å². The van der Waals surface area contributed by atoms with Gasteiger partial charge in [-0.1, -0.05) is 36.4 Å². The molecule has 0 aliphatic heterocycles. The molecule has 2 atom stereocenters. The highest BCUT2D eigenvalue weighted by Gasteiger charge is 2.15. The Bertz CT molecular complexity index is 585. The number of nitrogens with one attached hydrogen (secondary N) is 1. The summed E-state index contributed by atoms with van der Waals surface area (Å²) in [4.78, 5) is 16.1. The number of hydrogen-bond donors (Lipinski definition) is 2. The Kier molecular flexibility index (Phi) is 6.76. The summed E-state index contributed by atoms with van der Waals surface area (Å²) in [5.74, 6) is 0.152. The molecule has 122 valence electrons. The third kappa shape index (κ3) is 6.20. The fraction of sp³-hybridized carbons (Fsp3) is 0.368. The molecule has 2 unspecified atom stereocenters. The monoisotopic (exact) mass is 312 g/mol. The molecule has 2 aromatic rings. The maximum atomic E-state index is 12.0. The van der Waals surface area contributed by atoms with Gasteiger partial charge in [0.05, 0.1) is 6.10 Å². The van der Waals surface area contributed by atoms with E-state index in [1.165, 1.54) is 0 Å². The van der Waals surface area contributed by atoms with Gasteiger partial charge < -0.3 is 10.4 Å². The molecule has 1 amide bonds. The minimum atomic E-state index is -0.396. The molecule has 0 saturated heterocycles. The van der Waals surface area contributed by atoms with E-state index in [-0.39, 0.29) is 11.8 Å². The number of carbonyl (C=O) groups excluding carboxylic acids is 1. The number of hydrogen-bond acceptors (Lipinski definition) is 3. The second kappa shape index (κ2) is 9.06. The third-order valence-electron chi connectivity index (χ3n) is 3.81. The molecule has 1 aromatic carbocycles. The maximum Gasteiger partial charge on any atom is 0.220 e. The molecular formula is C19H24N2O2. The Morgan fingerprint density at radius 1 is 1.22 bits per heavy atom. The van der Waals surface area contributed by atoms with Crippen LogP contribution in [0.25, 0.3) is 0 Å². The Morgan fingerprint density at radius 2 is 2.00 bits per heavy atom. The first-order valence-electron chi connectivity index (χ1n) is 8.03. The molecule has 0 aliphatic carbocycles. The zero-order chi connectivity index (χ0) is 16.5. The maximum absolute atomic E-state index is 12.0. The van der Waals surface area contributed by atoms with Crippen LogP contribution < -0.4 is 5.32 Å². The van der Waals surface area contributed by atoms with Gasteiger partial charge in [-0.3, -0.25) is 9.78 Å². The fourth-order valence-electron chi connectivity index (χ4n) is 2.60. The van der Waals surface area contributed by atoms with Gasteiger partial charge in [-0.15, -0.1) is 0 Å². The number of benzene rings is 1. The van der Waals surface area contributed by atoms with Crippen molar-refractivity contribution in [3.05, 3.63) is 66.0 Å². The van der Waals surface area contributed by atoms with E-state index in [1.54, 1.807) is 19.3 Å². The molecule has 2 N–H and O–H groups in total. The number of aliphatic hydroxyl groups is 1. The number of amides is 1. The minimum absolute atomic E-state index is 0.0281. The van der Waals surface area contributed by atoms with Gasteiger partial charge in [0.15, 0.2) is 0 Å². The third-order valence-corrected chi connectivity index (χ3v) is 3.81. The largest absolute Gasteiger partial charge is 0.393 e. The molecule has 0 fully saturated rings. The highest BCUT2D eigenvalue weighted by Crippen LogP contribution is 2.20. The summed E-state index contributed by atoms with van der Waals surface area (Å²) < 4.78 is 0. The van der Waals surface area contributed by atoms with Crippen molar-refractivity contribution in [2.45, 2.75) is 38.2 Å². The van der Waals surface area contributed by atoms with Gasteiger partial charge in [0.25, 0.3) is 0 Å². The first-order chi connectivity index (χ1) is 11.1. The van der Waals surface area contributed by atoms with Gasteiger partial charge in [-0.2, -0.15) is 0 Å². The number of pyridine rings is 1. The Hall–Kier alpha value is -2.20. The van der Waals surface area contributed by atoms with Crippen LogP contribution in [0.2, 0.25) is 0 Å². The van der Waals surface area contributed by atoms with Crippen LogP contribution in [0.4, 0.5) is 0 Å². The van der Waals surface area contributed by atoms with Gasteiger partial charge in [-0.05, 0) is 37.0 Å². The highest BCUT2D eigenvalue weighted by atomic mass is 16.3. The van der Waals surface area contributed by atoms with Gasteiger partial charge in [0, 0.05) is 31.3 Å². The minimum Gasteiger partial charge on any atom is -0.393 e. The van der Waals surface area contributed by atoms with E-state index in [9.17, 15) is 9.90 Å². The lowest BCUT2D eigenvalue weighted by Gasteiger charge is -2.19. The average Bonchev–Trinajstić information content (AvgIpc) is 2.58. The SMILES string of the molecule is CC(O)CC(CNC(=O)CCc1cccnc1)c1ccccc1. The second-order valence-corrected chi connectivity index (χ2v) is 5.86. The summed E-state index contributed by atoms with van der Waals surface area (Å²) >= 11 is 0. The lowest BCUT2D eigenvalue weighted by Crippen LogP contribution is -2.29. The zero-order valence-corrected chi connectivity index (χ0v) is 13.5. The van der Waals surface area contributed by atoms with Crippen LogP contribution in [0.3, 0.4) is 0 Å². The van der Waals surface area contributed by atoms with Crippen molar-refractivity contribution in [3.63, 3.8) is 0 Å². The normalized spacial score (nSPS) is 13.3. The van der Waals surface area contributed by atoms with Crippen molar-refractivity contribution < 1.29 is 9.90 Å². The van der Waals surface area contributed by atoms with Gasteiger partial charge in [0.1, 0.15) is 0 Å². The van der Waals surface area contributed by atoms with Gasteiger partial charge in [0.2, 0.25) is 5.91 Å². The number of aromatic nitrogens is 1. The van der Waals surface area contributed by atoms with E-state index >= 15 is 0 Å². The molecule has 0 radical (unpaired) electrons. The number of nitrogens with zero attached hydrogens (tertiary/aromatic N) is 1. The molecule has 0 spiro atoms. The Morgan fingerprint density at radius 3 is 2.65 bits per heavy atom. The predicted molar refractivity (Wildman–Crippen MR) is 91.0 cm³/mol. The Labute approximate surface area is 137 Å². The van der Waals surface area contributed by atoms with Crippen molar-refractivity contribution in [1.82, 2.24) is 10.3 Å². The summed E-state index contributed by atoms with van der Waals surface area (Å²) in [7, 11) is 0. The van der Waals surface area contributed by atoms with Crippen LogP contribution in [0.5, 0.6) is 0 Å². The molecule has 1 aromatic heterocycles. The smallest absolute Gasteiger partial charge is 0.220 e. The topological polar surface area (TPSA) is 62.2 Å². The summed E-state index contributed by atoms with van der Waals surface area (Å²) in [5, 5.41) is 12.7. The van der Waals surface area contributed by atoms with Gasteiger partial charge in [-0.25, -0.2) is 0 Å². The second-order valence-electron chi connectivity index (χ2n) is 5.86. The summed E-state index contributed by atoms with van der Waals surface area (Å²) in [5.41, 5.74) is 2.20. The molecular weight excluding hydrogens is 288 g/mol. The molecule has 2 rings (SSSR count). The van der Waals surface area contributed by atoms with Crippen molar-refractivity contribution in [2.24, 2.45) is 0 Å². The van der Waals surface area contributed by atoms with Crippen LogP contribution >= 0.6 is 0 Å². The van der Waals surface area contributed by atoms with Crippen molar-refractivity contribution in [1.29, 1.82) is 0 Å². The lowest BCUT2D eigenvalue weighted by atomic mass is 9.93. The van der Waals surface area contributed by atoms with Crippen LogP contribution in [0.1, 0.15) is 36.8 Å². The van der Waals surface area contributed by atoms with E-state index in [2.05, 4.69) is 10.3 Å². The first-order valence-corrected chi connectivity index (χ1v) is 8.03. The summed E-state index contributed by atoms with van der Waals surface area (Å²) in [6.45, 7) is 2.32. The van der Waals surface area contributed by atoms with E-state index in [0.29, 0.717) is 25.8 Å². The quantitative estimate of drug-likeness (QED) is 0.788. The van der Waals surface area contributed by atoms with E-state index < -0.39 is 6.10 Å². The van der Waals surface area contributed by atoms with Crippen molar-refractivity contribution >= 4 is 5.91 Å². The van der Waals surface area contributed by atoms with E-state index in [4.69, 9.17) is 0 Å². The van der Waals surface area contributed by atoms with Crippen LogP contribution in [0.15, 0.2) is 54.9 Å². The molecule has 23 heavy (non-hydrogen) atoms. The van der Waals surface area contributed by atoms with Crippen LogP contribution in [0, 0.1) is 0 Å². The molecule has 0 saturated carbocycles. The molecule has 0 aliphatic rings. The predicted octanol–water partition coefficient (Wildman–Crippen LogP) is 2.69. The molecule has 0 bridgehead atoms. The van der Waals surface area contributed by atoms with Crippen LogP contribution in [-0.4, -0.2) is 28.6 Å². The molecule has 1 heterocycles. The van der Waals surface area contributed by atoms with Crippen molar-refractivity contribution in [3.8, 4) is 0 Å².